The lowest BCUT2D eigenvalue weighted by atomic mass is 10.0. The molecule has 68 valence electrons. The highest BCUT2D eigenvalue weighted by Crippen LogP contribution is 2.10. The number of alkyl halides is 2. The molecule has 1 amide bonds. The molecule has 0 saturated carbocycles. The van der Waals surface area contributed by atoms with Crippen LogP contribution in [0.3, 0.4) is 0 Å². The van der Waals surface area contributed by atoms with E-state index in [0.717, 1.165) is 12.8 Å². The molecule has 0 saturated heterocycles. The number of hydrogen-bond acceptors (Lipinski definition) is 1. The molecule has 12 heavy (non-hydrogen) atoms. The van der Waals surface area contributed by atoms with Gasteiger partial charge in [0.2, 0.25) is 0 Å². The third-order valence-electron chi connectivity index (χ3n) is 1.81. The van der Waals surface area contributed by atoms with Crippen LogP contribution in [0.1, 0.15) is 19.3 Å². The van der Waals surface area contributed by atoms with Crippen molar-refractivity contribution >= 4 is 5.91 Å². The molecule has 0 radical (unpaired) electrons. The molecule has 1 rings (SSSR count). The van der Waals surface area contributed by atoms with Crippen LogP contribution in [0.4, 0.5) is 8.78 Å². The number of amides is 1. The smallest absolute Gasteiger partial charge is 0.315 e. The molecule has 1 atom stereocenters. The Morgan fingerprint density at radius 1 is 1.50 bits per heavy atom. The first kappa shape index (κ1) is 9.16. The lowest BCUT2D eigenvalue weighted by molar-refractivity contribution is -0.132. The van der Waals surface area contributed by atoms with E-state index in [1.165, 1.54) is 0 Å². The van der Waals surface area contributed by atoms with E-state index in [4.69, 9.17) is 0 Å². The molecular weight excluding hydrogens is 164 g/mol. The van der Waals surface area contributed by atoms with E-state index in [1.54, 1.807) is 0 Å². The fraction of sp³-hybridized carbons (Fsp3) is 0.625. The maximum Gasteiger partial charge on any atom is 0.315 e. The lowest BCUT2D eigenvalue weighted by Gasteiger charge is -2.18. The molecule has 1 aliphatic rings. The van der Waals surface area contributed by atoms with E-state index in [9.17, 15) is 13.6 Å². The van der Waals surface area contributed by atoms with Crippen molar-refractivity contribution < 1.29 is 13.6 Å². The van der Waals surface area contributed by atoms with Crippen molar-refractivity contribution in [3.63, 3.8) is 0 Å². The zero-order valence-electron chi connectivity index (χ0n) is 6.59. The number of halogens is 2. The summed E-state index contributed by atoms with van der Waals surface area (Å²) in [5.74, 6) is -1.16. The molecule has 0 fully saturated rings. The van der Waals surface area contributed by atoms with Crippen LogP contribution in [0, 0.1) is 0 Å². The Labute approximate surface area is 69.6 Å². The van der Waals surface area contributed by atoms with Crippen LogP contribution in [-0.2, 0) is 4.79 Å². The minimum atomic E-state index is -2.89. The van der Waals surface area contributed by atoms with Crippen LogP contribution in [0.25, 0.3) is 0 Å². The summed E-state index contributed by atoms with van der Waals surface area (Å²) in [5.41, 5.74) is 0. The zero-order valence-corrected chi connectivity index (χ0v) is 6.59. The van der Waals surface area contributed by atoms with E-state index < -0.39 is 12.3 Å². The van der Waals surface area contributed by atoms with Gasteiger partial charge in [0, 0.05) is 6.04 Å². The highest BCUT2D eigenvalue weighted by molar-refractivity contribution is 5.79. The van der Waals surface area contributed by atoms with Crippen LogP contribution in [0.15, 0.2) is 12.2 Å². The van der Waals surface area contributed by atoms with Crippen LogP contribution in [0.5, 0.6) is 0 Å². The van der Waals surface area contributed by atoms with Gasteiger partial charge in [-0.25, -0.2) is 0 Å². The van der Waals surface area contributed by atoms with E-state index in [1.807, 2.05) is 12.2 Å². The fourth-order valence-corrected chi connectivity index (χ4v) is 1.19. The molecule has 0 aromatic heterocycles. The minimum Gasteiger partial charge on any atom is -0.348 e. The van der Waals surface area contributed by atoms with Crippen LogP contribution in [-0.4, -0.2) is 18.4 Å². The van der Waals surface area contributed by atoms with Gasteiger partial charge in [0.25, 0.3) is 5.91 Å². The third kappa shape index (κ3) is 2.60. The van der Waals surface area contributed by atoms with Crippen molar-refractivity contribution in [1.29, 1.82) is 0 Å². The van der Waals surface area contributed by atoms with Gasteiger partial charge in [-0.3, -0.25) is 4.79 Å². The molecule has 0 spiro atoms. The first-order valence-electron chi connectivity index (χ1n) is 3.93. The monoisotopic (exact) mass is 175 g/mol. The molecule has 0 aromatic rings. The average molecular weight is 175 g/mol. The summed E-state index contributed by atoms with van der Waals surface area (Å²) >= 11 is 0. The molecule has 2 nitrogen and oxygen atoms in total. The molecule has 0 bridgehead atoms. The number of allylic oxidation sites excluding steroid dienone is 1. The van der Waals surface area contributed by atoms with Crippen molar-refractivity contribution in [2.45, 2.75) is 31.7 Å². The van der Waals surface area contributed by atoms with Crippen LogP contribution < -0.4 is 5.32 Å². The van der Waals surface area contributed by atoms with Gasteiger partial charge in [0.05, 0.1) is 0 Å². The Kier molecular flexibility index (Phi) is 3.19. The quantitative estimate of drug-likeness (QED) is 0.633. The zero-order chi connectivity index (χ0) is 8.97. The van der Waals surface area contributed by atoms with Gasteiger partial charge >= 0.3 is 6.43 Å². The van der Waals surface area contributed by atoms with Gasteiger partial charge in [-0.05, 0) is 19.3 Å². The molecule has 1 N–H and O–H groups in total. The molecule has 4 heteroatoms. The lowest BCUT2D eigenvalue weighted by Crippen LogP contribution is -2.38. The second-order valence-electron chi connectivity index (χ2n) is 2.79. The first-order chi connectivity index (χ1) is 5.70. The van der Waals surface area contributed by atoms with Crippen LogP contribution >= 0.6 is 0 Å². The standard InChI is InChI=1S/C8H11F2NO/c9-7(10)8(12)11-6-4-2-1-3-5-6/h1-2,6-7H,3-5H2,(H,11,12). The molecular formula is C8H11F2NO. The molecule has 1 unspecified atom stereocenters. The van der Waals surface area contributed by atoms with E-state index >= 15 is 0 Å². The number of hydrogen-bond donors (Lipinski definition) is 1. The predicted molar refractivity (Wildman–Crippen MR) is 40.9 cm³/mol. The van der Waals surface area contributed by atoms with E-state index in [-0.39, 0.29) is 6.04 Å². The second kappa shape index (κ2) is 4.18. The Morgan fingerprint density at radius 2 is 2.25 bits per heavy atom. The summed E-state index contributed by atoms with van der Waals surface area (Å²) in [5, 5.41) is 2.28. The summed E-state index contributed by atoms with van der Waals surface area (Å²) in [6.07, 6.45) is 3.28. The molecule has 1 aliphatic carbocycles. The SMILES string of the molecule is O=C(NC1CC=CCC1)C(F)F. The second-order valence-corrected chi connectivity index (χ2v) is 2.79. The maximum absolute atomic E-state index is 11.8. The van der Waals surface area contributed by atoms with E-state index in [0.29, 0.717) is 6.42 Å². The normalized spacial score (nSPS) is 22.8. The Morgan fingerprint density at radius 3 is 2.75 bits per heavy atom. The average Bonchev–Trinajstić information content (AvgIpc) is 2.06. The van der Waals surface area contributed by atoms with Gasteiger partial charge < -0.3 is 5.32 Å². The summed E-state index contributed by atoms with van der Waals surface area (Å²) in [4.78, 5) is 10.5. The summed E-state index contributed by atoms with van der Waals surface area (Å²) in [7, 11) is 0. The minimum absolute atomic E-state index is 0.100. The van der Waals surface area contributed by atoms with Gasteiger partial charge in [-0.2, -0.15) is 8.78 Å². The topological polar surface area (TPSA) is 29.1 Å². The first-order valence-corrected chi connectivity index (χ1v) is 3.93. The molecule has 0 heterocycles. The molecule has 0 aromatic carbocycles. The van der Waals surface area contributed by atoms with E-state index in [2.05, 4.69) is 5.32 Å². The molecule has 0 aliphatic heterocycles. The number of rotatable bonds is 2. The highest BCUT2D eigenvalue weighted by Gasteiger charge is 2.19. The summed E-state index contributed by atoms with van der Waals surface area (Å²) in [6, 6.07) is -0.100. The number of nitrogens with one attached hydrogen (secondary N) is 1. The highest BCUT2D eigenvalue weighted by atomic mass is 19.3. The van der Waals surface area contributed by atoms with Crippen molar-refractivity contribution in [1.82, 2.24) is 5.32 Å². The number of carbonyl (C=O) groups excluding carboxylic acids is 1. The fourth-order valence-electron chi connectivity index (χ4n) is 1.19. The largest absolute Gasteiger partial charge is 0.348 e. The van der Waals surface area contributed by atoms with Crippen molar-refractivity contribution in [3.05, 3.63) is 12.2 Å². The Balaban J connectivity index is 2.31. The maximum atomic E-state index is 11.8. The van der Waals surface area contributed by atoms with Gasteiger partial charge in [0.1, 0.15) is 0 Å². The number of carbonyl (C=O) groups is 1. The van der Waals surface area contributed by atoms with Gasteiger partial charge in [-0.1, -0.05) is 12.2 Å². The van der Waals surface area contributed by atoms with Crippen LogP contribution in [0.2, 0.25) is 0 Å². The van der Waals surface area contributed by atoms with Crippen molar-refractivity contribution in [3.8, 4) is 0 Å². The van der Waals surface area contributed by atoms with Gasteiger partial charge in [-0.15, -0.1) is 0 Å². The van der Waals surface area contributed by atoms with Crippen molar-refractivity contribution in [2.75, 3.05) is 0 Å². The Bertz CT molecular complexity index is 191. The van der Waals surface area contributed by atoms with Crippen molar-refractivity contribution in [2.24, 2.45) is 0 Å². The predicted octanol–water partition coefficient (Wildman–Crippen LogP) is 1.48. The summed E-state index contributed by atoms with van der Waals surface area (Å²) in [6.45, 7) is 0. The Hall–Kier alpha value is -0.930. The third-order valence-corrected chi connectivity index (χ3v) is 1.81. The van der Waals surface area contributed by atoms with Gasteiger partial charge in [0.15, 0.2) is 0 Å². The summed E-state index contributed by atoms with van der Waals surface area (Å²) < 4.78 is 23.5.